The molecule has 3 nitrogen and oxygen atoms in total. The molecule has 0 saturated heterocycles. The van der Waals surface area contributed by atoms with Crippen molar-refractivity contribution < 1.29 is 9.52 Å². The molecule has 0 fully saturated rings. The van der Waals surface area contributed by atoms with E-state index in [0.29, 0.717) is 27.3 Å². The molecule has 0 aliphatic heterocycles. The van der Waals surface area contributed by atoms with Crippen LogP contribution in [0.25, 0.3) is 32.7 Å². The van der Waals surface area contributed by atoms with Crippen molar-refractivity contribution in [2.45, 2.75) is 20.3 Å². The smallest absolute Gasteiger partial charge is 0.201 e. The predicted octanol–water partition coefficient (Wildman–Crippen LogP) is 5.22. The van der Waals surface area contributed by atoms with Gasteiger partial charge in [-0.3, -0.25) is 4.79 Å². The average Bonchev–Trinajstić information content (AvgIpc) is 2.55. The number of hydrogen-bond donors (Lipinski definition) is 1. The first-order valence-electron chi connectivity index (χ1n) is 7.73. The summed E-state index contributed by atoms with van der Waals surface area (Å²) in [5.74, 6) is 0.137. The summed E-state index contributed by atoms with van der Waals surface area (Å²) in [5, 5.41) is 12.3. The quantitative estimate of drug-likeness (QED) is 0.358. The molecule has 0 spiro atoms. The maximum Gasteiger partial charge on any atom is 0.201 e. The van der Waals surface area contributed by atoms with E-state index in [2.05, 4.69) is 13.8 Å². The lowest BCUT2D eigenvalue weighted by molar-refractivity contribution is 0.476. The number of fused-ring (bicyclic) bond motifs is 4. The second-order valence-corrected chi connectivity index (χ2v) is 5.48. The highest BCUT2D eigenvalue weighted by atomic mass is 16.3. The minimum atomic E-state index is -0.0712. The molecule has 0 bridgehead atoms. The van der Waals surface area contributed by atoms with Gasteiger partial charge in [-0.05, 0) is 35.7 Å². The van der Waals surface area contributed by atoms with E-state index < -0.39 is 0 Å². The normalized spacial score (nSPS) is 10.7. The van der Waals surface area contributed by atoms with E-state index in [4.69, 9.17) is 4.42 Å². The summed E-state index contributed by atoms with van der Waals surface area (Å²) in [6.07, 6.45) is 1.25. The standard InChI is InChI=1S/C17H10O3.C3H8/c18-11-7-5-10-6-8-15-16(13(10)9-11)17(19)12-3-1-2-4-14(12)20-15;1-3-2/h1-9,18H;3H2,1-2H3. The van der Waals surface area contributed by atoms with Gasteiger partial charge in [0.25, 0.3) is 0 Å². The Kier molecular flexibility index (Phi) is 4.02. The van der Waals surface area contributed by atoms with Crippen molar-refractivity contribution in [3.63, 3.8) is 0 Å². The van der Waals surface area contributed by atoms with Crippen LogP contribution in [0.5, 0.6) is 5.75 Å². The van der Waals surface area contributed by atoms with Crippen molar-refractivity contribution in [1.82, 2.24) is 0 Å². The lowest BCUT2D eigenvalue weighted by atomic mass is 10.0. The topological polar surface area (TPSA) is 50.4 Å². The van der Waals surface area contributed by atoms with Gasteiger partial charge in [-0.15, -0.1) is 0 Å². The van der Waals surface area contributed by atoms with E-state index in [1.54, 1.807) is 36.4 Å². The van der Waals surface area contributed by atoms with Crippen molar-refractivity contribution >= 4 is 32.7 Å². The van der Waals surface area contributed by atoms with Gasteiger partial charge in [-0.25, -0.2) is 0 Å². The Bertz CT molecular complexity index is 1040. The van der Waals surface area contributed by atoms with Crippen molar-refractivity contribution in [2.75, 3.05) is 0 Å². The first-order chi connectivity index (χ1) is 11.2. The van der Waals surface area contributed by atoms with Gasteiger partial charge in [0.15, 0.2) is 0 Å². The van der Waals surface area contributed by atoms with Crippen LogP contribution >= 0.6 is 0 Å². The third kappa shape index (κ3) is 2.66. The van der Waals surface area contributed by atoms with E-state index in [9.17, 15) is 9.90 Å². The van der Waals surface area contributed by atoms with E-state index in [0.717, 1.165) is 5.39 Å². The molecule has 1 aromatic heterocycles. The third-order valence-electron chi connectivity index (χ3n) is 3.55. The highest BCUT2D eigenvalue weighted by molar-refractivity contribution is 6.08. The van der Waals surface area contributed by atoms with E-state index >= 15 is 0 Å². The Labute approximate surface area is 133 Å². The Hall–Kier alpha value is -2.81. The predicted molar refractivity (Wildman–Crippen MR) is 95.1 cm³/mol. The molecular formula is C20H18O3. The molecular weight excluding hydrogens is 288 g/mol. The lowest BCUT2D eigenvalue weighted by Crippen LogP contribution is -2.02. The van der Waals surface area contributed by atoms with Crippen LogP contribution in [0, 0.1) is 0 Å². The Morgan fingerprint density at radius 1 is 0.913 bits per heavy atom. The van der Waals surface area contributed by atoms with Gasteiger partial charge >= 0.3 is 0 Å². The van der Waals surface area contributed by atoms with Gasteiger partial charge in [0.05, 0.1) is 10.8 Å². The first-order valence-corrected chi connectivity index (χ1v) is 7.73. The fourth-order valence-electron chi connectivity index (χ4n) is 2.60. The number of rotatable bonds is 0. The van der Waals surface area contributed by atoms with E-state index in [1.807, 2.05) is 18.2 Å². The molecule has 0 saturated carbocycles. The fourth-order valence-corrected chi connectivity index (χ4v) is 2.60. The number of phenolic OH excluding ortho intramolecular Hbond substituents is 1. The van der Waals surface area contributed by atoms with Gasteiger partial charge in [0.2, 0.25) is 5.43 Å². The zero-order valence-corrected chi connectivity index (χ0v) is 13.2. The van der Waals surface area contributed by atoms with Crippen LogP contribution in [0.2, 0.25) is 0 Å². The maximum absolute atomic E-state index is 12.7. The molecule has 4 rings (SSSR count). The first kappa shape index (κ1) is 15.1. The number of para-hydroxylation sites is 1. The zero-order valence-electron chi connectivity index (χ0n) is 13.2. The molecule has 4 aromatic rings. The van der Waals surface area contributed by atoms with Crippen LogP contribution < -0.4 is 5.43 Å². The molecule has 3 heteroatoms. The third-order valence-corrected chi connectivity index (χ3v) is 3.55. The van der Waals surface area contributed by atoms with Gasteiger partial charge in [-0.2, -0.15) is 0 Å². The van der Waals surface area contributed by atoms with Gasteiger partial charge < -0.3 is 9.52 Å². The van der Waals surface area contributed by atoms with Crippen LogP contribution in [0.4, 0.5) is 0 Å². The van der Waals surface area contributed by atoms with Crippen molar-refractivity contribution in [3.8, 4) is 5.75 Å². The summed E-state index contributed by atoms with van der Waals surface area (Å²) >= 11 is 0. The highest BCUT2D eigenvalue weighted by Gasteiger charge is 2.10. The van der Waals surface area contributed by atoms with Gasteiger partial charge in [-0.1, -0.05) is 44.5 Å². The average molecular weight is 306 g/mol. The van der Waals surface area contributed by atoms with Crippen molar-refractivity contribution in [1.29, 1.82) is 0 Å². The summed E-state index contributed by atoms with van der Waals surface area (Å²) in [6, 6.07) is 15.9. The molecule has 0 aliphatic carbocycles. The minimum absolute atomic E-state index is 0.0712. The molecule has 0 atom stereocenters. The number of benzene rings is 3. The second kappa shape index (κ2) is 6.13. The van der Waals surface area contributed by atoms with E-state index in [1.165, 1.54) is 6.42 Å². The summed E-state index contributed by atoms with van der Waals surface area (Å²) < 4.78 is 5.79. The molecule has 116 valence electrons. The molecule has 0 unspecified atom stereocenters. The van der Waals surface area contributed by atoms with Crippen LogP contribution in [0.15, 0.2) is 63.8 Å². The molecule has 1 heterocycles. The second-order valence-electron chi connectivity index (χ2n) is 5.48. The highest BCUT2D eigenvalue weighted by Crippen LogP contribution is 2.28. The monoisotopic (exact) mass is 306 g/mol. The largest absolute Gasteiger partial charge is 0.508 e. The fraction of sp³-hybridized carbons (Fsp3) is 0.150. The summed E-state index contributed by atoms with van der Waals surface area (Å²) in [5.41, 5.74) is 1.04. The van der Waals surface area contributed by atoms with Crippen LogP contribution in [0.3, 0.4) is 0 Å². The Balaban J connectivity index is 0.000000485. The Morgan fingerprint density at radius 2 is 1.61 bits per heavy atom. The molecule has 0 radical (unpaired) electrons. The maximum atomic E-state index is 12.7. The molecule has 0 aliphatic rings. The number of phenols is 1. The number of hydrogen-bond acceptors (Lipinski definition) is 3. The molecule has 23 heavy (non-hydrogen) atoms. The minimum Gasteiger partial charge on any atom is -0.508 e. The van der Waals surface area contributed by atoms with Crippen LogP contribution in [-0.4, -0.2) is 5.11 Å². The van der Waals surface area contributed by atoms with Crippen molar-refractivity contribution in [2.24, 2.45) is 0 Å². The van der Waals surface area contributed by atoms with Gasteiger partial charge in [0, 0.05) is 5.39 Å². The molecule has 1 N–H and O–H groups in total. The summed E-state index contributed by atoms with van der Waals surface area (Å²) in [7, 11) is 0. The number of aromatic hydroxyl groups is 1. The Morgan fingerprint density at radius 3 is 2.39 bits per heavy atom. The SMILES string of the molecule is CCC.O=c1c2ccccc2oc2ccc3ccc(O)cc3c12. The van der Waals surface area contributed by atoms with Crippen LogP contribution in [-0.2, 0) is 0 Å². The van der Waals surface area contributed by atoms with Crippen molar-refractivity contribution in [3.05, 3.63) is 64.8 Å². The van der Waals surface area contributed by atoms with Gasteiger partial charge in [0.1, 0.15) is 16.9 Å². The molecule has 3 aromatic carbocycles. The lowest BCUT2D eigenvalue weighted by Gasteiger charge is -2.05. The molecule has 0 amide bonds. The van der Waals surface area contributed by atoms with Crippen LogP contribution in [0.1, 0.15) is 20.3 Å². The zero-order chi connectivity index (χ0) is 16.4. The summed E-state index contributed by atoms with van der Waals surface area (Å²) in [4.78, 5) is 12.7. The summed E-state index contributed by atoms with van der Waals surface area (Å²) in [6.45, 7) is 4.25. The van der Waals surface area contributed by atoms with E-state index in [-0.39, 0.29) is 11.2 Å².